The van der Waals surface area contributed by atoms with Gasteiger partial charge < -0.3 is 15.4 Å². The summed E-state index contributed by atoms with van der Waals surface area (Å²) < 4.78 is 5.54. The number of nitrogens with zero attached hydrogens (tertiary/aromatic N) is 1. The van der Waals surface area contributed by atoms with Gasteiger partial charge in [0.15, 0.2) is 6.61 Å². The Morgan fingerprint density at radius 3 is 2.16 bits per heavy atom. The molecule has 8 nitrogen and oxygen atoms in total. The highest BCUT2D eigenvalue weighted by atomic mass is 16.5. The van der Waals surface area contributed by atoms with Crippen LogP contribution in [0.3, 0.4) is 0 Å². The zero-order valence-electron chi connectivity index (χ0n) is 18.3. The second kappa shape index (κ2) is 10.6. The Morgan fingerprint density at radius 1 is 0.875 bits per heavy atom. The van der Waals surface area contributed by atoms with Crippen molar-refractivity contribution in [2.24, 2.45) is 0 Å². The van der Waals surface area contributed by atoms with Crippen molar-refractivity contribution in [1.29, 1.82) is 0 Å². The van der Waals surface area contributed by atoms with Crippen LogP contribution >= 0.6 is 0 Å². The molecule has 1 heterocycles. The number of fused-ring (bicyclic) bond motifs is 1. The van der Waals surface area contributed by atoms with Crippen molar-refractivity contribution in [3.8, 4) is 5.75 Å². The van der Waals surface area contributed by atoms with E-state index in [-0.39, 0.29) is 56.3 Å². The first-order chi connectivity index (χ1) is 15.4. The topological polar surface area (TPSA) is 105 Å². The van der Waals surface area contributed by atoms with Crippen LogP contribution in [0, 0.1) is 13.8 Å². The predicted molar refractivity (Wildman–Crippen MR) is 118 cm³/mol. The predicted octanol–water partition coefficient (Wildman–Crippen LogP) is 1.99. The third-order valence-electron chi connectivity index (χ3n) is 5.35. The highest BCUT2D eigenvalue weighted by Gasteiger charge is 2.34. The van der Waals surface area contributed by atoms with Crippen LogP contribution in [0.2, 0.25) is 0 Å². The number of hydrogen-bond donors (Lipinski definition) is 2. The number of imide groups is 1. The summed E-state index contributed by atoms with van der Waals surface area (Å²) in [5.41, 5.74) is 2.89. The van der Waals surface area contributed by atoms with Crippen molar-refractivity contribution in [3.63, 3.8) is 0 Å². The number of carbonyl (C=O) groups excluding carboxylic acids is 4. The Bertz CT molecular complexity index is 999. The third kappa shape index (κ3) is 5.51. The summed E-state index contributed by atoms with van der Waals surface area (Å²) in [5.74, 6) is -0.451. The van der Waals surface area contributed by atoms with E-state index in [1.807, 2.05) is 32.0 Å². The Balaban J connectivity index is 1.29. The molecule has 0 atom stereocenters. The van der Waals surface area contributed by atoms with Gasteiger partial charge in [0.1, 0.15) is 5.75 Å². The average molecular weight is 437 g/mol. The van der Waals surface area contributed by atoms with Gasteiger partial charge in [-0.1, -0.05) is 24.3 Å². The second-order valence-electron chi connectivity index (χ2n) is 7.60. The molecule has 168 valence electrons. The molecule has 2 N–H and O–H groups in total. The van der Waals surface area contributed by atoms with E-state index >= 15 is 0 Å². The number of nitrogens with one attached hydrogen (secondary N) is 2. The third-order valence-corrected chi connectivity index (χ3v) is 5.35. The van der Waals surface area contributed by atoms with Gasteiger partial charge in [0, 0.05) is 26.1 Å². The van der Waals surface area contributed by atoms with Crippen molar-refractivity contribution in [2.75, 3.05) is 26.2 Å². The van der Waals surface area contributed by atoms with E-state index in [4.69, 9.17) is 4.74 Å². The molecule has 0 unspecified atom stereocenters. The average Bonchev–Trinajstić information content (AvgIpc) is 3.03. The standard InChI is InChI=1S/C24H27N3O5/c1-16-7-5-10-20(17(16)2)32-15-22(29)26-13-12-25-21(28)11-6-14-27-23(30)18-8-3-4-9-19(18)24(27)31/h3-5,7-10H,6,11-15H2,1-2H3,(H,25,28)(H,26,29). The molecule has 0 spiro atoms. The van der Waals surface area contributed by atoms with Gasteiger partial charge in [0.2, 0.25) is 5.91 Å². The van der Waals surface area contributed by atoms with E-state index in [2.05, 4.69) is 10.6 Å². The van der Waals surface area contributed by atoms with Crippen molar-refractivity contribution in [3.05, 3.63) is 64.7 Å². The molecule has 2 aromatic carbocycles. The molecular weight excluding hydrogens is 410 g/mol. The number of ether oxygens (including phenoxy) is 1. The number of benzene rings is 2. The zero-order chi connectivity index (χ0) is 23.1. The van der Waals surface area contributed by atoms with E-state index in [9.17, 15) is 19.2 Å². The van der Waals surface area contributed by atoms with Gasteiger partial charge in [-0.3, -0.25) is 24.1 Å². The Kier molecular flexibility index (Phi) is 7.59. The van der Waals surface area contributed by atoms with Crippen LogP contribution in [0.5, 0.6) is 5.75 Å². The van der Waals surface area contributed by atoms with Crippen LogP contribution in [-0.4, -0.2) is 54.8 Å². The van der Waals surface area contributed by atoms with Gasteiger partial charge in [-0.15, -0.1) is 0 Å². The maximum atomic E-state index is 12.3. The molecule has 0 bridgehead atoms. The summed E-state index contributed by atoms with van der Waals surface area (Å²) in [6.45, 7) is 4.56. The van der Waals surface area contributed by atoms with Gasteiger partial charge in [-0.25, -0.2) is 0 Å². The molecule has 0 saturated heterocycles. The lowest BCUT2D eigenvalue weighted by Crippen LogP contribution is -2.37. The van der Waals surface area contributed by atoms with E-state index in [0.29, 0.717) is 23.3 Å². The smallest absolute Gasteiger partial charge is 0.261 e. The summed E-state index contributed by atoms with van der Waals surface area (Å²) in [6.07, 6.45) is 0.546. The fraction of sp³-hybridized carbons (Fsp3) is 0.333. The number of carbonyl (C=O) groups is 4. The van der Waals surface area contributed by atoms with Crippen LogP contribution < -0.4 is 15.4 Å². The highest BCUT2D eigenvalue weighted by molar-refractivity contribution is 6.21. The lowest BCUT2D eigenvalue weighted by atomic mass is 10.1. The molecule has 0 saturated carbocycles. The summed E-state index contributed by atoms with van der Waals surface area (Å²) in [7, 11) is 0. The minimum absolute atomic E-state index is 0.0987. The number of hydrogen-bond acceptors (Lipinski definition) is 5. The maximum Gasteiger partial charge on any atom is 0.261 e. The SMILES string of the molecule is Cc1cccc(OCC(=O)NCCNC(=O)CCCN2C(=O)c3ccccc3C2=O)c1C. The molecule has 1 aliphatic heterocycles. The van der Waals surface area contributed by atoms with Crippen LogP contribution in [-0.2, 0) is 9.59 Å². The molecule has 0 fully saturated rings. The van der Waals surface area contributed by atoms with E-state index in [1.54, 1.807) is 24.3 Å². The van der Waals surface area contributed by atoms with Gasteiger partial charge in [-0.05, 0) is 49.6 Å². The zero-order valence-corrected chi connectivity index (χ0v) is 18.3. The van der Waals surface area contributed by atoms with Crippen LogP contribution in [0.25, 0.3) is 0 Å². The summed E-state index contributed by atoms with van der Waals surface area (Å²) in [5, 5.41) is 5.40. The lowest BCUT2D eigenvalue weighted by molar-refractivity contribution is -0.124. The first-order valence-electron chi connectivity index (χ1n) is 10.6. The van der Waals surface area contributed by atoms with Gasteiger partial charge >= 0.3 is 0 Å². The van der Waals surface area contributed by atoms with Crippen molar-refractivity contribution in [2.45, 2.75) is 26.7 Å². The van der Waals surface area contributed by atoms with E-state index in [1.165, 1.54) is 4.90 Å². The van der Waals surface area contributed by atoms with Crippen molar-refractivity contribution in [1.82, 2.24) is 15.5 Å². The van der Waals surface area contributed by atoms with Gasteiger partial charge in [-0.2, -0.15) is 0 Å². The molecule has 4 amide bonds. The fourth-order valence-electron chi connectivity index (χ4n) is 3.41. The van der Waals surface area contributed by atoms with Crippen molar-refractivity contribution < 1.29 is 23.9 Å². The number of rotatable bonds is 10. The summed E-state index contributed by atoms with van der Waals surface area (Å²) in [4.78, 5) is 49.7. The molecular formula is C24H27N3O5. The van der Waals surface area contributed by atoms with Crippen LogP contribution in [0.4, 0.5) is 0 Å². The number of aryl methyl sites for hydroxylation is 1. The molecule has 3 rings (SSSR count). The molecule has 8 heteroatoms. The molecule has 2 aromatic rings. The quantitative estimate of drug-likeness (QED) is 0.437. The molecule has 1 aliphatic rings. The molecule has 0 aromatic heterocycles. The van der Waals surface area contributed by atoms with E-state index in [0.717, 1.165) is 11.1 Å². The largest absolute Gasteiger partial charge is 0.483 e. The molecule has 0 radical (unpaired) electrons. The first kappa shape index (κ1) is 23.0. The second-order valence-corrected chi connectivity index (χ2v) is 7.60. The summed E-state index contributed by atoms with van der Waals surface area (Å²) in [6, 6.07) is 12.4. The lowest BCUT2D eigenvalue weighted by Gasteiger charge is -2.13. The normalized spacial score (nSPS) is 12.5. The van der Waals surface area contributed by atoms with Crippen LogP contribution in [0.1, 0.15) is 44.7 Å². The Hall–Kier alpha value is -3.68. The first-order valence-corrected chi connectivity index (χ1v) is 10.6. The molecule has 32 heavy (non-hydrogen) atoms. The highest BCUT2D eigenvalue weighted by Crippen LogP contribution is 2.22. The monoisotopic (exact) mass is 437 g/mol. The van der Waals surface area contributed by atoms with Crippen molar-refractivity contribution >= 4 is 23.6 Å². The summed E-state index contributed by atoms with van der Waals surface area (Å²) >= 11 is 0. The Labute approximate surface area is 186 Å². The van der Waals surface area contributed by atoms with Crippen LogP contribution in [0.15, 0.2) is 42.5 Å². The minimum atomic E-state index is -0.322. The minimum Gasteiger partial charge on any atom is -0.483 e. The Morgan fingerprint density at radius 2 is 1.50 bits per heavy atom. The maximum absolute atomic E-state index is 12.3. The van der Waals surface area contributed by atoms with E-state index < -0.39 is 0 Å². The van der Waals surface area contributed by atoms with Gasteiger partial charge in [0.05, 0.1) is 11.1 Å². The number of amides is 4. The molecule has 0 aliphatic carbocycles. The fourth-order valence-corrected chi connectivity index (χ4v) is 3.41. The van der Waals surface area contributed by atoms with Gasteiger partial charge in [0.25, 0.3) is 17.7 Å².